The average Bonchev–Trinajstić information content (AvgIpc) is 3.20. The van der Waals surface area contributed by atoms with E-state index < -0.39 is 0 Å². The summed E-state index contributed by atoms with van der Waals surface area (Å²) in [4.78, 5) is 21.7. The van der Waals surface area contributed by atoms with E-state index in [4.69, 9.17) is 9.15 Å². The second kappa shape index (κ2) is 5.29. The molecule has 3 aromatic rings. The zero-order valence-corrected chi connectivity index (χ0v) is 12.0. The molecule has 0 saturated carbocycles. The second-order valence-electron chi connectivity index (χ2n) is 5.34. The van der Waals surface area contributed by atoms with Crippen LogP contribution in [-0.4, -0.2) is 29.5 Å². The monoisotopic (exact) mass is 297 g/mol. The molecule has 1 saturated heterocycles. The number of para-hydroxylation sites is 1. The van der Waals surface area contributed by atoms with Gasteiger partial charge >= 0.3 is 0 Å². The molecule has 3 heterocycles. The molecule has 0 atom stereocenters. The van der Waals surface area contributed by atoms with E-state index in [0.717, 1.165) is 48.2 Å². The van der Waals surface area contributed by atoms with Gasteiger partial charge in [-0.15, -0.1) is 0 Å². The van der Waals surface area contributed by atoms with Gasteiger partial charge in [0.1, 0.15) is 11.1 Å². The van der Waals surface area contributed by atoms with Gasteiger partial charge in [-0.05, 0) is 25.0 Å². The highest BCUT2D eigenvalue weighted by Gasteiger charge is 2.22. The maximum atomic E-state index is 10.4. The van der Waals surface area contributed by atoms with Gasteiger partial charge in [-0.3, -0.25) is 4.79 Å². The summed E-state index contributed by atoms with van der Waals surface area (Å²) in [7, 11) is 0. The zero-order valence-electron chi connectivity index (χ0n) is 12.0. The molecule has 0 spiro atoms. The van der Waals surface area contributed by atoms with E-state index in [0.29, 0.717) is 17.9 Å². The minimum Gasteiger partial charge on any atom is -0.460 e. The summed E-state index contributed by atoms with van der Waals surface area (Å²) in [6.45, 7) is 2.39. The number of benzene rings is 1. The molecular formula is C16H15N3O3. The quantitative estimate of drug-likeness (QED) is 0.690. The number of rotatable bonds is 4. The number of carbonyl (C=O) groups is 1. The molecule has 2 aromatic heterocycles. The van der Waals surface area contributed by atoms with Crippen molar-refractivity contribution in [3.8, 4) is 0 Å². The third kappa shape index (κ3) is 2.07. The summed E-state index contributed by atoms with van der Waals surface area (Å²) >= 11 is 0. The Morgan fingerprint density at radius 2 is 2.05 bits per heavy atom. The Labute approximate surface area is 126 Å². The van der Waals surface area contributed by atoms with E-state index in [1.807, 2.05) is 24.3 Å². The van der Waals surface area contributed by atoms with Crippen molar-refractivity contribution in [3.63, 3.8) is 0 Å². The third-order valence-corrected chi connectivity index (χ3v) is 3.93. The van der Waals surface area contributed by atoms with Gasteiger partial charge in [0.15, 0.2) is 23.8 Å². The average molecular weight is 297 g/mol. The van der Waals surface area contributed by atoms with Crippen LogP contribution in [0.4, 0.5) is 5.82 Å². The predicted octanol–water partition coefficient (Wildman–Crippen LogP) is 2.65. The molecule has 0 bridgehead atoms. The Morgan fingerprint density at radius 1 is 1.23 bits per heavy atom. The summed E-state index contributed by atoms with van der Waals surface area (Å²) in [5.74, 6) is 1.29. The molecule has 6 nitrogen and oxygen atoms in total. The van der Waals surface area contributed by atoms with Gasteiger partial charge in [0.25, 0.3) is 6.47 Å². The first-order valence-electron chi connectivity index (χ1n) is 7.35. The molecule has 22 heavy (non-hydrogen) atoms. The summed E-state index contributed by atoms with van der Waals surface area (Å²) in [5.41, 5.74) is 2.27. The van der Waals surface area contributed by atoms with Gasteiger partial charge in [-0.2, -0.15) is 0 Å². The number of hydrogen-bond acceptors (Lipinski definition) is 6. The highest BCUT2D eigenvalue weighted by Crippen LogP contribution is 2.34. The first kappa shape index (κ1) is 13.1. The van der Waals surface area contributed by atoms with E-state index in [1.54, 1.807) is 0 Å². The Bertz CT molecular complexity index is 837. The Kier molecular flexibility index (Phi) is 3.14. The molecule has 1 aliphatic heterocycles. The Hall–Kier alpha value is -2.63. The Morgan fingerprint density at radius 3 is 2.86 bits per heavy atom. The smallest absolute Gasteiger partial charge is 0.293 e. The Balaban J connectivity index is 1.95. The van der Waals surface area contributed by atoms with Gasteiger partial charge in [0.2, 0.25) is 0 Å². The molecule has 0 N–H and O–H groups in total. The maximum Gasteiger partial charge on any atom is 0.293 e. The molecular weight excluding hydrogens is 282 g/mol. The fraction of sp³-hybridized carbons (Fsp3) is 0.312. The van der Waals surface area contributed by atoms with E-state index in [9.17, 15) is 4.79 Å². The zero-order chi connectivity index (χ0) is 14.9. The normalized spacial score (nSPS) is 14.8. The summed E-state index contributed by atoms with van der Waals surface area (Å²) < 4.78 is 10.8. The highest BCUT2D eigenvalue weighted by atomic mass is 16.5. The van der Waals surface area contributed by atoms with Crippen LogP contribution in [0.25, 0.3) is 22.1 Å². The lowest BCUT2D eigenvalue weighted by Crippen LogP contribution is -2.20. The highest BCUT2D eigenvalue weighted by molar-refractivity contribution is 6.05. The number of anilines is 1. The van der Waals surface area contributed by atoms with Gasteiger partial charge in [0.05, 0.1) is 0 Å². The summed E-state index contributed by atoms with van der Waals surface area (Å²) in [6, 6.07) is 7.79. The SMILES string of the molecule is O=COCc1nc(N2CCCC2)c2oc3ccccc3c2n1. The first-order chi connectivity index (χ1) is 10.9. The van der Waals surface area contributed by atoms with Crippen molar-refractivity contribution in [1.82, 2.24) is 9.97 Å². The maximum absolute atomic E-state index is 10.4. The lowest BCUT2D eigenvalue weighted by molar-refractivity contribution is -0.130. The number of fused-ring (bicyclic) bond motifs is 3. The van der Waals surface area contributed by atoms with Crippen molar-refractivity contribution in [2.45, 2.75) is 19.4 Å². The lowest BCUT2D eigenvalue weighted by Gasteiger charge is -2.16. The molecule has 1 fully saturated rings. The number of furan rings is 1. The van der Waals surface area contributed by atoms with Crippen LogP contribution in [0.1, 0.15) is 18.7 Å². The fourth-order valence-electron chi connectivity index (χ4n) is 2.94. The topological polar surface area (TPSA) is 68.5 Å². The van der Waals surface area contributed by atoms with Crippen molar-refractivity contribution in [3.05, 3.63) is 30.1 Å². The predicted molar refractivity (Wildman–Crippen MR) is 81.6 cm³/mol. The second-order valence-corrected chi connectivity index (χ2v) is 5.34. The van der Waals surface area contributed by atoms with E-state index in [-0.39, 0.29) is 6.61 Å². The van der Waals surface area contributed by atoms with Crippen molar-refractivity contribution < 1.29 is 13.9 Å². The van der Waals surface area contributed by atoms with Crippen LogP contribution in [-0.2, 0) is 16.1 Å². The van der Waals surface area contributed by atoms with Crippen LogP contribution >= 0.6 is 0 Å². The van der Waals surface area contributed by atoms with Crippen molar-refractivity contribution in [2.75, 3.05) is 18.0 Å². The molecule has 0 radical (unpaired) electrons. The van der Waals surface area contributed by atoms with Crippen LogP contribution < -0.4 is 4.90 Å². The standard InChI is InChI=1S/C16H15N3O3/c20-10-21-9-13-17-14-11-5-1-2-6-12(11)22-15(14)16(18-13)19-7-3-4-8-19/h1-2,5-6,10H,3-4,7-9H2. The molecule has 0 unspecified atom stereocenters. The van der Waals surface area contributed by atoms with Gasteiger partial charge < -0.3 is 14.1 Å². The van der Waals surface area contributed by atoms with E-state index in [1.165, 1.54) is 0 Å². The van der Waals surface area contributed by atoms with Gasteiger partial charge in [0, 0.05) is 18.5 Å². The number of nitrogens with zero attached hydrogens (tertiary/aromatic N) is 3. The molecule has 112 valence electrons. The van der Waals surface area contributed by atoms with Crippen molar-refractivity contribution >= 4 is 34.4 Å². The molecule has 1 aliphatic rings. The van der Waals surface area contributed by atoms with Crippen LogP contribution in [0.5, 0.6) is 0 Å². The minimum atomic E-state index is 0.0692. The molecule has 0 amide bonds. The lowest BCUT2D eigenvalue weighted by atomic mass is 10.2. The molecule has 1 aromatic carbocycles. The summed E-state index contributed by atoms with van der Waals surface area (Å²) in [5, 5.41) is 0.952. The molecule has 0 aliphatic carbocycles. The molecule has 6 heteroatoms. The number of aromatic nitrogens is 2. The van der Waals surface area contributed by atoms with E-state index in [2.05, 4.69) is 14.9 Å². The van der Waals surface area contributed by atoms with Crippen LogP contribution in [0.2, 0.25) is 0 Å². The minimum absolute atomic E-state index is 0.0692. The van der Waals surface area contributed by atoms with Crippen LogP contribution in [0.3, 0.4) is 0 Å². The van der Waals surface area contributed by atoms with Crippen LogP contribution in [0.15, 0.2) is 28.7 Å². The fourth-order valence-corrected chi connectivity index (χ4v) is 2.94. The largest absolute Gasteiger partial charge is 0.460 e. The third-order valence-electron chi connectivity index (χ3n) is 3.93. The summed E-state index contributed by atoms with van der Waals surface area (Å²) in [6.07, 6.45) is 2.29. The van der Waals surface area contributed by atoms with Gasteiger partial charge in [-0.1, -0.05) is 12.1 Å². The van der Waals surface area contributed by atoms with Crippen molar-refractivity contribution in [1.29, 1.82) is 0 Å². The number of hydrogen-bond donors (Lipinski definition) is 0. The van der Waals surface area contributed by atoms with Gasteiger partial charge in [-0.25, -0.2) is 9.97 Å². The number of carbonyl (C=O) groups excluding carboxylic acids is 1. The van der Waals surface area contributed by atoms with E-state index >= 15 is 0 Å². The van der Waals surface area contributed by atoms with Crippen molar-refractivity contribution in [2.24, 2.45) is 0 Å². The van der Waals surface area contributed by atoms with Crippen LogP contribution in [0, 0.1) is 0 Å². The number of ether oxygens (including phenoxy) is 1. The molecule has 4 rings (SSSR count). The first-order valence-corrected chi connectivity index (χ1v) is 7.35.